The number of hydrogen-bond donors (Lipinski definition) is 2. The van der Waals surface area contributed by atoms with Crippen LogP contribution in [0.5, 0.6) is 0 Å². The lowest BCUT2D eigenvalue weighted by Crippen LogP contribution is -2.47. The molecule has 0 bridgehead atoms. The van der Waals surface area contributed by atoms with Gasteiger partial charge in [-0.1, -0.05) is 13.5 Å². The Bertz CT molecular complexity index is 188. The van der Waals surface area contributed by atoms with Crippen LogP contribution in [0, 0.1) is 5.92 Å². The second-order valence-corrected chi connectivity index (χ2v) is 4.10. The van der Waals surface area contributed by atoms with Crippen LogP contribution >= 0.6 is 0 Å². The van der Waals surface area contributed by atoms with E-state index in [-0.39, 0.29) is 0 Å². The number of rotatable bonds is 1. The molecule has 1 rings (SSSR count). The summed E-state index contributed by atoms with van der Waals surface area (Å²) in [7, 11) is 0. The molecule has 2 N–H and O–H groups in total. The Labute approximate surface area is 73.9 Å². The molecule has 0 spiro atoms. The monoisotopic (exact) mass is 170 g/mol. The van der Waals surface area contributed by atoms with Crippen LogP contribution in [0.2, 0.25) is 0 Å². The average molecular weight is 170 g/mol. The van der Waals surface area contributed by atoms with Crippen LogP contribution in [0.25, 0.3) is 0 Å². The summed E-state index contributed by atoms with van der Waals surface area (Å²) in [6, 6.07) is 0. The summed E-state index contributed by atoms with van der Waals surface area (Å²) in [4.78, 5) is 0. The Balaban J connectivity index is 2.72. The molecule has 12 heavy (non-hydrogen) atoms. The third kappa shape index (κ3) is 1.54. The lowest BCUT2D eigenvalue weighted by Gasteiger charge is -2.39. The molecule has 3 atom stereocenters. The van der Waals surface area contributed by atoms with Gasteiger partial charge in [0.15, 0.2) is 0 Å². The van der Waals surface area contributed by atoms with E-state index in [1.54, 1.807) is 6.92 Å². The van der Waals surface area contributed by atoms with Crippen molar-refractivity contribution in [2.24, 2.45) is 5.92 Å². The van der Waals surface area contributed by atoms with Crippen LogP contribution < -0.4 is 0 Å². The summed E-state index contributed by atoms with van der Waals surface area (Å²) in [5.74, 6) is 0.514. The molecule has 1 saturated carbocycles. The molecule has 0 aliphatic heterocycles. The molecule has 0 aromatic carbocycles. The van der Waals surface area contributed by atoms with Gasteiger partial charge in [0.1, 0.15) is 5.60 Å². The lowest BCUT2D eigenvalue weighted by molar-refractivity contribution is -0.0842. The van der Waals surface area contributed by atoms with Crippen molar-refractivity contribution < 1.29 is 10.2 Å². The Kier molecular flexibility index (Phi) is 2.59. The summed E-state index contributed by atoms with van der Waals surface area (Å²) < 4.78 is 0. The van der Waals surface area contributed by atoms with Crippen LogP contribution in [0.3, 0.4) is 0 Å². The highest BCUT2D eigenvalue weighted by Crippen LogP contribution is 2.36. The van der Waals surface area contributed by atoms with E-state index in [0.717, 1.165) is 6.42 Å². The topological polar surface area (TPSA) is 40.5 Å². The van der Waals surface area contributed by atoms with Crippen molar-refractivity contribution in [3.05, 3.63) is 12.2 Å². The van der Waals surface area contributed by atoms with E-state index < -0.39 is 11.7 Å². The van der Waals surface area contributed by atoms with Gasteiger partial charge in [0.05, 0.1) is 6.10 Å². The summed E-state index contributed by atoms with van der Waals surface area (Å²) in [6.45, 7) is 7.59. The van der Waals surface area contributed by atoms with E-state index in [2.05, 4.69) is 13.5 Å². The Morgan fingerprint density at radius 2 is 2.17 bits per heavy atom. The minimum absolute atomic E-state index is 0.514. The van der Waals surface area contributed by atoms with E-state index in [1.165, 1.54) is 0 Å². The molecule has 0 unspecified atom stereocenters. The third-order valence-electron chi connectivity index (χ3n) is 2.93. The largest absolute Gasteiger partial charge is 0.390 e. The highest BCUT2D eigenvalue weighted by molar-refractivity contribution is 5.14. The second-order valence-electron chi connectivity index (χ2n) is 4.10. The Hall–Kier alpha value is -0.340. The fraction of sp³-hybridized carbons (Fsp3) is 0.800. The van der Waals surface area contributed by atoms with Crippen LogP contribution in [0.4, 0.5) is 0 Å². The maximum atomic E-state index is 9.99. The van der Waals surface area contributed by atoms with Gasteiger partial charge in [0.2, 0.25) is 0 Å². The standard InChI is InChI=1S/C10H18O2/c1-7(2)10(12)5-4-8(3)6-9(10)11/h8-9,11-12H,1,4-6H2,2-3H3/t8-,9-,10-/m1/s1. The SMILES string of the molecule is C=C(C)[C@]1(O)CC[C@@H](C)C[C@H]1O. The minimum Gasteiger partial charge on any atom is -0.390 e. The van der Waals surface area contributed by atoms with Gasteiger partial charge in [-0.3, -0.25) is 0 Å². The van der Waals surface area contributed by atoms with Crippen molar-refractivity contribution in [3.8, 4) is 0 Å². The van der Waals surface area contributed by atoms with Crippen molar-refractivity contribution in [2.45, 2.75) is 44.8 Å². The number of aliphatic hydroxyl groups excluding tert-OH is 1. The molecular formula is C10H18O2. The average Bonchev–Trinajstić information content (AvgIpc) is 1.97. The third-order valence-corrected chi connectivity index (χ3v) is 2.93. The molecule has 0 saturated heterocycles. The molecular weight excluding hydrogens is 152 g/mol. The van der Waals surface area contributed by atoms with Crippen molar-refractivity contribution in [1.29, 1.82) is 0 Å². The van der Waals surface area contributed by atoms with E-state index in [9.17, 15) is 10.2 Å². The van der Waals surface area contributed by atoms with Gasteiger partial charge in [-0.25, -0.2) is 0 Å². The predicted molar refractivity (Wildman–Crippen MR) is 48.8 cm³/mol. The predicted octanol–water partition coefficient (Wildman–Crippen LogP) is 1.47. The zero-order valence-electron chi connectivity index (χ0n) is 7.88. The molecule has 0 aromatic rings. The maximum absolute atomic E-state index is 9.99. The first-order valence-electron chi connectivity index (χ1n) is 4.53. The molecule has 1 aliphatic carbocycles. The van der Waals surface area contributed by atoms with Crippen LogP contribution in [-0.4, -0.2) is 21.9 Å². The Morgan fingerprint density at radius 3 is 2.58 bits per heavy atom. The van der Waals surface area contributed by atoms with Gasteiger partial charge in [-0.2, -0.15) is 0 Å². The Morgan fingerprint density at radius 1 is 1.58 bits per heavy atom. The number of aliphatic hydroxyl groups is 2. The van der Waals surface area contributed by atoms with Gasteiger partial charge < -0.3 is 10.2 Å². The van der Waals surface area contributed by atoms with Crippen LogP contribution in [0.15, 0.2) is 12.2 Å². The summed E-state index contributed by atoms with van der Waals surface area (Å²) >= 11 is 0. The lowest BCUT2D eigenvalue weighted by atomic mass is 9.74. The quantitative estimate of drug-likeness (QED) is 0.585. The summed E-state index contributed by atoms with van der Waals surface area (Å²) in [5, 5.41) is 19.6. The molecule has 1 aliphatic rings. The molecule has 2 heteroatoms. The smallest absolute Gasteiger partial charge is 0.111 e. The van der Waals surface area contributed by atoms with Gasteiger partial charge in [0.25, 0.3) is 0 Å². The molecule has 70 valence electrons. The van der Waals surface area contributed by atoms with Crippen LogP contribution in [-0.2, 0) is 0 Å². The van der Waals surface area contributed by atoms with Gasteiger partial charge in [-0.15, -0.1) is 0 Å². The van der Waals surface area contributed by atoms with E-state index in [1.807, 2.05) is 0 Å². The summed E-state index contributed by atoms with van der Waals surface area (Å²) in [5.41, 5.74) is -0.339. The molecule has 0 heterocycles. The molecule has 1 fully saturated rings. The van der Waals surface area contributed by atoms with E-state index in [0.29, 0.717) is 24.3 Å². The maximum Gasteiger partial charge on any atom is 0.111 e. The zero-order valence-corrected chi connectivity index (χ0v) is 7.88. The van der Waals surface area contributed by atoms with Gasteiger partial charge in [0, 0.05) is 0 Å². The van der Waals surface area contributed by atoms with E-state index >= 15 is 0 Å². The fourth-order valence-corrected chi connectivity index (χ4v) is 1.82. The fourth-order valence-electron chi connectivity index (χ4n) is 1.82. The first-order chi connectivity index (χ1) is 5.47. The first-order valence-corrected chi connectivity index (χ1v) is 4.53. The van der Waals surface area contributed by atoms with Gasteiger partial charge >= 0.3 is 0 Å². The van der Waals surface area contributed by atoms with Crippen molar-refractivity contribution in [3.63, 3.8) is 0 Å². The van der Waals surface area contributed by atoms with Crippen molar-refractivity contribution in [1.82, 2.24) is 0 Å². The molecule has 0 aromatic heterocycles. The highest BCUT2D eigenvalue weighted by Gasteiger charge is 2.40. The van der Waals surface area contributed by atoms with Crippen molar-refractivity contribution >= 4 is 0 Å². The summed E-state index contributed by atoms with van der Waals surface area (Å²) in [6.07, 6.45) is 1.67. The first kappa shape index (κ1) is 9.75. The van der Waals surface area contributed by atoms with Crippen molar-refractivity contribution in [2.75, 3.05) is 0 Å². The second kappa shape index (κ2) is 3.19. The zero-order chi connectivity index (χ0) is 9.35. The highest BCUT2D eigenvalue weighted by atomic mass is 16.3. The molecule has 2 nitrogen and oxygen atoms in total. The normalized spacial score (nSPS) is 42.7. The van der Waals surface area contributed by atoms with Crippen LogP contribution in [0.1, 0.15) is 33.1 Å². The van der Waals surface area contributed by atoms with Gasteiger partial charge in [-0.05, 0) is 37.7 Å². The molecule has 0 amide bonds. The van der Waals surface area contributed by atoms with E-state index in [4.69, 9.17) is 0 Å². The number of hydrogen-bond acceptors (Lipinski definition) is 2. The molecule has 0 radical (unpaired) electrons. The minimum atomic E-state index is -1.02.